The molecule has 3 aromatic rings. The van der Waals surface area contributed by atoms with Crippen molar-refractivity contribution in [1.82, 2.24) is 4.98 Å². The fourth-order valence-electron chi connectivity index (χ4n) is 2.61. The molecule has 2 aromatic carbocycles. The topological polar surface area (TPSA) is 12.9 Å². The Morgan fingerprint density at radius 3 is 2.71 bits per heavy atom. The number of hydrogen-bond donors (Lipinski definition) is 0. The van der Waals surface area contributed by atoms with Crippen LogP contribution in [0.2, 0.25) is 0 Å². The van der Waals surface area contributed by atoms with E-state index in [1.807, 2.05) is 6.07 Å². The molecule has 21 heavy (non-hydrogen) atoms. The second-order valence-corrected chi connectivity index (χ2v) is 6.92. The normalized spacial score (nSPS) is 12.7. The predicted molar refractivity (Wildman–Crippen MR) is 92.4 cm³/mol. The van der Waals surface area contributed by atoms with E-state index in [1.54, 1.807) is 11.3 Å². The summed E-state index contributed by atoms with van der Waals surface area (Å²) in [7, 11) is 0. The maximum absolute atomic E-state index is 6.18. The summed E-state index contributed by atoms with van der Waals surface area (Å²) in [4.78, 5) is 4.72. The number of rotatable bonds is 5. The van der Waals surface area contributed by atoms with Gasteiger partial charge in [-0.05, 0) is 37.0 Å². The van der Waals surface area contributed by atoms with Crippen LogP contribution < -0.4 is 0 Å². The van der Waals surface area contributed by atoms with E-state index in [0.717, 1.165) is 18.4 Å². The second-order valence-electron chi connectivity index (χ2n) is 5.49. The second kappa shape index (κ2) is 6.59. The van der Waals surface area contributed by atoms with Gasteiger partial charge in [0.15, 0.2) is 0 Å². The van der Waals surface area contributed by atoms with Crippen LogP contribution >= 0.6 is 22.9 Å². The minimum atomic E-state index is 0.439. The Kier molecular flexibility index (Phi) is 4.57. The average molecular weight is 316 g/mol. The third-order valence-corrected chi connectivity index (χ3v) is 5.12. The first-order chi connectivity index (χ1) is 10.2. The van der Waals surface area contributed by atoms with Crippen molar-refractivity contribution in [3.8, 4) is 0 Å². The summed E-state index contributed by atoms with van der Waals surface area (Å²) in [6, 6.07) is 17.0. The van der Waals surface area contributed by atoms with E-state index in [-0.39, 0.29) is 0 Å². The van der Waals surface area contributed by atoms with Crippen LogP contribution in [-0.4, -0.2) is 10.9 Å². The van der Waals surface area contributed by atoms with Crippen molar-refractivity contribution < 1.29 is 0 Å². The highest BCUT2D eigenvalue weighted by molar-refractivity contribution is 7.18. The molecule has 108 valence electrons. The van der Waals surface area contributed by atoms with Gasteiger partial charge in [0.05, 0.1) is 15.2 Å². The summed E-state index contributed by atoms with van der Waals surface area (Å²) in [6.45, 7) is 2.13. The fraction of sp³-hybridized carbons (Fsp3) is 0.278. The molecule has 0 spiro atoms. The van der Waals surface area contributed by atoms with Gasteiger partial charge in [-0.3, -0.25) is 0 Å². The zero-order valence-electron chi connectivity index (χ0n) is 12.1. The number of hydrogen-bond acceptors (Lipinski definition) is 2. The number of fused-ring (bicyclic) bond motifs is 1. The highest BCUT2D eigenvalue weighted by Crippen LogP contribution is 2.25. The molecule has 0 saturated heterocycles. The van der Waals surface area contributed by atoms with E-state index in [0.29, 0.717) is 11.8 Å². The smallest absolute Gasteiger partial charge is 0.0941 e. The highest BCUT2D eigenvalue weighted by atomic mass is 35.5. The maximum Gasteiger partial charge on any atom is 0.0941 e. The molecule has 1 unspecified atom stereocenters. The van der Waals surface area contributed by atoms with Crippen LogP contribution in [0.15, 0.2) is 48.5 Å². The van der Waals surface area contributed by atoms with Crippen LogP contribution in [0.25, 0.3) is 10.2 Å². The first kappa shape index (κ1) is 14.6. The summed E-state index contributed by atoms with van der Waals surface area (Å²) in [6.07, 6.45) is 1.97. The Bertz CT molecular complexity index is 702. The van der Waals surface area contributed by atoms with Gasteiger partial charge >= 0.3 is 0 Å². The minimum absolute atomic E-state index is 0.439. The number of halogens is 1. The van der Waals surface area contributed by atoms with E-state index in [4.69, 9.17) is 16.6 Å². The van der Waals surface area contributed by atoms with Crippen LogP contribution in [0.4, 0.5) is 0 Å². The van der Waals surface area contributed by atoms with E-state index >= 15 is 0 Å². The highest BCUT2D eigenvalue weighted by Gasteiger charge is 2.13. The molecule has 3 rings (SSSR count). The van der Waals surface area contributed by atoms with E-state index in [9.17, 15) is 0 Å². The SMILES string of the molecule is Cc1cccc(CC(CCl)Cc2nc3ccccc3s2)c1. The Morgan fingerprint density at radius 1 is 1.10 bits per heavy atom. The summed E-state index contributed by atoms with van der Waals surface area (Å²) in [5.74, 6) is 1.11. The molecule has 0 amide bonds. The zero-order valence-corrected chi connectivity index (χ0v) is 13.6. The van der Waals surface area contributed by atoms with Crippen molar-refractivity contribution in [1.29, 1.82) is 0 Å². The number of para-hydroxylation sites is 1. The lowest BCUT2D eigenvalue weighted by molar-refractivity contribution is 0.582. The molecule has 1 atom stereocenters. The first-order valence-corrected chi connectivity index (χ1v) is 8.55. The number of aromatic nitrogens is 1. The summed E-state index contributed by atoms with van der Waals surface area (Å²) >= 11 is 7.97. The molecule has 3 heteroatoms. The van der Waals surface area contributed by atoms with Crippen molar-refractivity contribution in [2.45, 2.75) is 19.8 Å². The van der Waals surface area contributed by atoms with Crippen LogP contribution in [0.5, 0.6) is 0 Å². The molecule has 0 fully saturated rings. The molecule has 1 nitrogen and oxygen atoms in total. The van der Waals surface area contributed by atoms with E-state index < -0.39 is 0 Å². The number of nitrogens with zero attached hydrogens (tertiary/aromatic N) is 1. The molecular formula is C18H18ClNS. The number of benzene rings is 2. The number of aryl methyl sites for hydroxylation is 1. The van der Waals surface area contributed by atoms with Crippen molar-refractivity contribution >= 4 is 33.2 Å². The molecule has 1 heterocycles. The molecular weight excluding hydrogens is 298 g/mol. The van der Waals surface area contributed by atoms with Gasteiger partial charge in [-0.2, -0.15) is 0 Å². The molecule has 0 bridgehead atoms. The van der Waals surface area contributed by atoms with E-state index in [2.05, 4.69) is 49.4 Å². The van der Waals surface area contributed by atoms with Gasteiger partial charge in [-0.1, -0.05) is 42.0 Å². The van der Waals surface area contributed by atoms with Gasteiger partial charge in [-0.25, -0.2) is 4.98 Å². The van der Waals surface area contributed by atoms with Gasteiger partial charge < -0.3 is 0 Å². The molecule has 0 radical (unpaired) electrons. The van der Waals surface area contributed by atoms with Crippen LogP contribution in [-0.2, 0) is 12.8 Å². The van der Waals surface area contributed by atoms with Gasteiger partial charge in [-0.15, -0.1) is 22.9 Å². The average Bonchev–Trinajstić information content (AvgIpc) is 2.89. The lowest BCUT2D eigenvalue weighted by atomic mass is 9.97. The fourth-order valence-corrected chi connectivity index (χ4v) is 3.91. The predicted octanol–water partition coefficient (Wildman–Crippen LogP) is 5.24. The first-order valence-electron chi connectivity index (χ1n) is 7.20. The minimum Gasteiger partial charge on any atom is -0.241 e. The largest absolute Gasteiger partial charge is 0.241 e. The van der Waals surface area contributed by atoms with Crippen LogP contribution in [0, 0.1) is 12.8 Å². The maximum atomic E-state index is 6.18. The molecule has 0 N–H and O–H groups in total. The summed E-state index contributed by atoms with van der Waals surface area (Å²) in [5.41, 5.74) is 3.77. The summed E-state index contributed by atoms with van der Waals surface area (Å²) in [5, 5.41) is 1.19. The zero-order chi connectivity index (χ0) is 14.7. The quantitative estimate of drug-likeness (QED) is 0.586. The third kappa shape index (κ3) is 3.63. The molecule has 0 aliphatic rings. The van der Waals surface area contributed by atoms with Crippen molar-refractivity contribution in [2.75, 3.05) is 5.88 Å². The number of alkyl halides is 1. The lowest BCUT2D eigenvalue weighted by Gasteiger charge is -2.12. The lowest BCUT2D eigenvalue weighted by Crippen LogP contribution is -2.10. The molecule has 0 saturated carbocycles. The van der Waals surface area contributed by atoms with Gasteiger partial charge in [0.2, 0.25) is 0 Å². The van der Waals surface area contributed by atoms with Gasteiger partial charge in [0.1, 0.15) is 0 Å². The molecule has 0 aliphatic heterocycles. The Hall–Kier alpha value is -1.38. The Morgan fingerprint density at radius 2 is 1.95 bits per heavy atom. The van der Waals surface area contributed by atoms with Crippen molar-refractivity contribution in [3.05, 3.63) is 64.7 Å². The third-order valence-electron chi connectivity index (χ3n) is 3.63. The van der Waals surface area contributed by atoms with Gasteiger partial charge in [0.25, 0.3) is 0 Å². The number of thiazole rings is 1. The Labute approximate surface area is 134 Å². The van der Waals surface area contributed by atoms with E-state index in [1.165, 1.54) is 20.8 Å². The van der Waals surface area contributed by atoms with Crippen LogP contribution in [0.3, 0.4) is 0 Å². The standard InChI is InChI=1S/C18H18ClNS/c1-13-5-4-6-14(9-13)10-15(12-19)11-18-20-16-7-2-3-8-17(16)21-18/h2-9,15H,10-12H2,1H3. The van der Waals surface area contributed by atoms with Gasteiger partial charge in [0, 0.05) is 12.3 Å². The molecule has 1 aromatic heterocycles. The molecule has 0 aliphatic carbocycles. The van der Waals surface area contributed by atoms with Crippen LogP contribution in [0.1, 0.15) is 16.1 Å². The van der Waals surface area contributed by atoms with Crippen molar-refractivity contribution in [2.24, 2.45) is 5.92 Å². The van der Waals surface area contributed by atoms with Crippen molar-refractivity contribution in [3.63, 3.8) is 0 Å². The summed E-state index contributed by atoms with van der Waals surface area (Å²) < 4.78 is 1.26. The Balaban J connectivity index is 1.74. The monoisotopic (exact) mass is 315 g/mol.